The standard InChI is InChI=1S/C26H25N3O4/c1-28(2)12-6-13-29-15-19(16-7-4-5-8-20(16)29)23-22(25(30)27-26(23)31)18-9-10-21(32-3)17-11-14-33-24(17)18/h4-5,7-11,14-15H,6,12-13H2,1-3H3,(H,27,30,31). The molecule has 2 aromatic heterocycles. The Kier molecular flexibility index (Phi) is 5.26. The Bertz CT molecular complexity index is 1420. The number of aromatic nitrogens is 1. The Morgan fingerprint density at radius 2 is 1.73 bits per heavy atom. The normalized spacial score (nSPS) is 14.2. The molecule has 0 spiro atoms. The van der Waals surface area contributed by atoms with Gasteiger partial charge in [-0.1, -0.05) is 18.2 Å². The van der Waals surface area contributed by atoms with Crippen LogP contribution in [0.1, 0.15) is 17.5 Å². The summed E-state index contributed by atoms with van der Waals surface area (Å²) in [5.41, 5.74) is 3.54. The molecule has 0 radical (unpaired) electrons. The molecule has 2 amide bonds. The van der Waals surface area contributed by atoms with E-state index < -0.39 is 11.8 Å². The third kappa shape index (κ3) is 3.50. The molecule has 1 aliphatic heterocycles. The largest absolute Gasteiger partial charge is 0.496 e. The number of hydrogen-bond acceptors (Lipinski definition) is 5. The van der Waals surface area contributed by atoms with Gasteiger partial charge in [-0.15, -0.1) is 0 Å². The van der Waals surface area contributed by atoms with E-state index in [9.17, 15) is 9.59 Å². The van der Waals surface area contributed by atoms with E-state index >= 15 is 0 Å². The molecule has 0 bridgehead atoms. The SMILES string of the molecule is COc1ccc(C2=C(c3cn(CCCN(C)C)c4ccccc34)C(=O)NC2=O)c2occc12. The Morgan fingerprint density at radius 3 is 2.48 bits per heavy atom. The third-order valence-electron chi connectivity index (χ3n) is 6.06. The van der Waals surface area contributed by atoms with Gasteiger partial charge in [0.2, 0.25) is 0 Å². The molecule has 4 aromatic rings. The number of ether oxygens (including phenoxy) is 1. The van der Waals surface area contributed by atoms with E-state index in [2.05, 4.69) is 28.9 Å². The number of hydrogen-bond donors (Lipinski definition) is 1. The van der Waals surface area contributed by atoms with Crippen LogP contribution in [0.5, 0.6) is 5.75 Å². The highest BCUT2D eigenvalue weighted by Gasteiger charge is 2.35. The van der Waals surface area contributed by atoms with Crippen LogP contribution in [0.15, 0.2) is 59.3 Å². The molecular weight excluding hydrogens is 418 g/mol. The highest BCUT2D eigenvalue weighted by atomic mass is 16.5. The topological polar surface area (TPSA) is 76.7 Å². The molecular formula is C26H25N3O4. The predicted molar refractivity (Wildman–Crippen MR) is 128 cm³/mol. The number of nitrogens with one attached hydrogen (secondary N) is 1. The van der Waals surface area contributed by atoms with Crippen LogP contribution in [-0.2, 0) is 16.1 Å². The van der Waals surface area contributed by atoms with E-state index in [0.717, 1.165) is 41.4 Å². The lowest BCUT2D eigenvalue weighted by molar-refractivity contribution is -0.122. The molecule has 0 saturated carbocycles. The molecule has 0 aliphatic carbocycles. The summed E-state index contributed by atoms with van der Waals surface area (Å²) < 4.78 is 13.3. The van der Waals surface area contributed by atoms with Crippen LogP contribution in [0.2, 0.25) is 0 Å². The molecule has 1 N–H and O–H groups in total. The number of para-hydroxylation sites is 1. The maximum atomic E-state index is 13.1. The van der Waals surface area contributed by atoms with Gasteiger partial charge >= 0.3 is 0 Å². The van der Waals surface area contributed by atoms with Gasteiger partial charge in [0.15, 0.2) is 0 Å². The van der Waals surface area contributed by atoms with Gasteiger partial charge in [-0.3, -0.25) is 14.9 Å². The van der Waals surface area contributed by atoms with Gasteiger partial charge in [-0.25, -0.2) is 0 Å². The first-order chi connectivity index (χ1) is 16.0. The van der Waals surface area contributed by atoms with Crippen molar-refractivity contribution in [1.29, 1.82) is 0 Å². The lowest BCUT2D eigenvalue weighted by atomic mass is 9.95. The number of carbonyl (C=O) groups excluding carboxylic acids is 2. The molecule has 5 rings (SSSR count). The van der Waals surface area contributed by atoms with E-state index in [4.69, 9.17) is 9.15 Å². The quantitative estimate of drug-likeness (QED) is 0.438. The van der Waals surface area contributed by atoms with Gasteiger partial charge in [0, 0.05) is 34.8 Å². The Balaban J connectivity index is 1.72. The van der Waals surface area contributed by atoms with Gasteiger partial charge in [-0.05, 0) is 51.3 Å². The van der Waals surface area contributed by atoms with Crippen molar-refractivity contribution in [3.05, 3.63) is 66.1 Å². The molecule has 168 valence electrons. The van der Waals surface area contributed by atoms with Crippen LogP contribution >= 0.6 is 0 Å². The highest BCUT2D eigenvalue weighted by Crippen LogP contribution is 2.40. The van der Waals surface area contributed by atoms with Crippen molar-refractivity contribution < 1.29 is 18.7 Å². The van der Waals surface area contributed by atoms with Gasteiger partial charge in [0.05, 0.1) is 29.9 Å². The van der Waals surface area contributed by atoms with Crippen molar-refractivity contribution in [2.75, 3.05) is 27.7 Å². The summed E-state index contributed by atoms with van der Waals surface area (Å²) in [5, 5.41) is 4.17. The van der Waals surface area contributed by atoms with Crippen LogP contribution in [0.3, 0.4) is 0 Å². The van der Waals surface area contributed by atoms with E-state index in [-0.39, 0.29) is 0 Å². The second kappa shape index (κ2) is 8.26. The molecule has 1 aliphatic rings. The average molecular weight is 444 g/mol. The maximum absolute atomic E-state index is 13.1. The summed E-state index contributed by atoms with van der Waals surface area (Å²) in [5.74, 6) is -0.184. The summed E-state index contributed by atoms with van der Waals surface area (Å²) in [6.45, 7) is 1.76. The van der Waals surface area contributed by atoms with Crippen LogP contribution < -0.4 is 10.1 Å². The molecule has 0 unspecified atom stereocenters. The number of fused-ring (bicyclic) bond motifs is 2. The minimum atomic E-state index is -0.428. The second-order valence-corrected chi connectivity index (χ2v) is 8.42. The molecule has 7 heteroatoms. The van der Waals surface area contributed by atoms with E-state index in [1.807, 2.05) is 30.5 Å². The molecule has 0 fully saturated rings. The number of furan rings is 1. The van der Waals surface area contributed by atoms with Crippen LogP contribution in [0.4, 0.5) is 0 Å². The average Bonchev–Trinajstić information content (AvgIpc) is 3.49. The molecule has 3 heterocycles. The maximum Gasteiger partial charge on any atom is 0.259 e. The first-order valence-electron chi connectivity index (χ1n) is 10.9. The number of methoxy groups -OCH3 is 1. The zero-order valence-electron chi connectivity index (χ0n) is 18.8. The van der Waals surface area contributed by atoms with E-state index in [1.165, 1.54) is 0 Å². The fourth-order valence-corrected chi connectivity index (χ4v) is 4.57. The summed E-state index contributed by atoms with van der Waals surface area (Å²) in [4.78, 5) is 28.2. The predicted octanol–water partition coefficient (Wildman–Crippen LogP) is 3.92. The van der Waals surface area contributed by atoms with Gasteiger partial charge in [0.25, 0.3) is 11.8 Å². The molecule has 33 heavy (non-hydrogen) atoms. The monoisotopic (exact) mass is 443 g/mol. The molecule has 2 aromatic carbocycles. The van der Waals surface area contributed by atoms with Crippen molar-refractivity contribution in [3.63, 3.8) is 0 Å². The summed E-state index contributed by atoms with van der Waals surface area (Å²) in [7, 11) is 5.69. The first-order valence-corrected chi connectivity index (χ1v) is 10.9. The molecule has 0 saturated heterocycles. The summed E-state index contributed by atoms with van der Waals surface area (Å²) >= 11 is 0. The van der Waals surface area contributed by atoms with E-state index in [1.54, 1.807) is 31.6 Å². The number of benzene rings is 2. The zero-order valence-corrected chi connectivity index (χ0v) is 18.8. The minimum Gasteiger partial charge on any atom is -0.496 e. The molecule has 7 nitrogen and oxygen atoms in total. The smallest absolute Gasteiger partial charge is 0.259 e. The number of aryl methyl sites for hydroxylation is 1. The second-order valence-electron chi connectivity index (χ2n) is 8.42. The van der Waals surface area contributed by atoms with Crippen molar-refractivity contribution in [2.45, 2.75) is 13.0 Å². The fourth-order valence-electron chi connectivity index (χ4n) is 4.57. The number of amides is 2. The van der Waals surface area contributed by atoms with Crippen LogP contribution in [0, 0.1) is 0 Å². The lowest BCUT2D eigenvalue weighted by Crippen LogP contribution is -2.22. The van der Waals surface area contributed by atoms with Crippen LogP contribution in [-0.4, -0.2) is 49.0 Å². The van der Waals surface area contributed by atoms with Gasteiger partial charge in [-0.2, -0.15) is 0 Å². The molecule has 0 atom stereocenters. The van der Waals surface area contributed by atoms with E-state index in [0.29, 0.717) is 28.0 Å². The highest BCUT2D eigenvalue weighted by molar-refractivity contribution is 6.50. The van der Waals surface area contributed by atoms with Crippen molar-refractivity contribution >= 4 is 44.8 Å². The van der Waals surface area contributed by atoms with Gasteiger partial charge < -0.3 is 18.6 Å². The number of rotatable bonds is 7. The minimum absolute atomic E-state index is 0.318. The van der Waals surface area contributed by atoms with Crippen molar-refractivity contribution in [2.24, 2.45) is 0 Å². The van der Waals surface area contributed by atoms with Crippen LogP contribution in [0.25, 0.3) is 33.0 Å². The Morgan fingerprint density at radius 1 is 0.970 bits per heavy atom. The Hall–Kier alpha value is -3.84. The number of carbonyl (C=O) groups is 2. The zero-order chi connectivity index (χ0) is 23.1. The fraction of sp³-hybridized carbons (Fsp3) is 0.231. The van der Waals surface area contributed by atoms with Crippen molar-refractivity contribution in [3.8, 4) is 5.75 Å². The lowest BCUT2D eigenvalue weighted by Gasteiger charge is -2.10. The number of nitrogens with zero attached hydrogens (tertiary/aromatic N) is 2. The summed E-state index contributed by atoms with van der Waals surface area (Å²) in [6, 6.07) is 13.3. The first kappa shape index (κ1) is 21.0. The van der Waals surface area contributed by atoms with Gasteiger partial charge in [0.1, 0.15) is 11.3 Å². The number of imide groups is 1. The Labute approximate surface area is 191 Å². The van der Waals surface area contributed by atoms with Crippen molar-refractivity contribution in [1.82, 2.24) is 14.8 Å². The summed E-state index contributed by atoms with van der Waals surface area (Å²) in [6.07, 6.45) is 4.51. The third-order valence-corrected chi connectivity index (χ3v) is 6.06.